The number of benzene rings is 2. The van der Waals surface area contributed by atoms with E-state index in [0.717, 1.165) is 29.0 Å². The van der Waals surface area contributed by atoms with Gasteiger partial charge in [-0.05, 0) is 59.7 Å². The Labute approximate surface area is 208 Å². The average Bonchev–Trinajstić information content (AvgIpc) is 2.85. The first-order chi connectivity index (χ1) is 16.9. The predicted octanol–water partition coefficient (Wildman–Crippen LogP) is 6.06. The van der Waals surface area contributed by atoms with Gasteiger partial charge in [-0.3, -0.25) is 4.79 Å². The molecule has 0 saturated heterocycles. The normalized spacial score (nSPS) is 15.9. The largest absolute Gasteiger partial charge is 0.490 e. The van der Waals surface area contributed by atoms with Crippen molar-refractivity contribution in [1.82, 2.24) is 4.90 Å². The Morgan fingerprint density at radius 2 is 1.86 bits per heavy atom. The number of carbonyl (C=O) groups is 2. The molecule has 0 aromatic heterocycles. The molecule has 0 radical (unpaired) electrons. The van der Waals surface area contributed by atoms with E-state index < -0.39 is 12.0 Å². The van der Waals surface area contributed by atoms with Crippen molar-refractivity contribution in [2.75, 3.05) is 6.61 Å². The molecule has 0 fully saturated rings. The molecule has 3 rings (SSSR count). The van der Waals surface area contributed by atoms with Crippen LogP contribution in [0.25, 0.3) is 6.08 Å². The average molecular weight is 474 g/mol. The number of carboxylic acid groups (broad SMARTS) is 1. The van der Waals surface area contributed by atoms with Crippen LogP contribution in [0.15, 0.2) is 78.9 Å². The quantitative estimate of drug-likeness (QED) is 0.245. The first-order valence-corrected chi connectivity index (χ1v) is 12.3. The zero-order chi connectivity index (χ0) is 25.0. The highest BCUT2D eigenvalue weighted by atomic mass is 16.5. The second-order valence-corrected chi connectivity index (χ2v) is 9.19. The molecule has 2 aromatic rings. The highest BCUT2D eigenvalue weighted by molar-refractivity contribution is 5.94. The predicted molar refractivity (Wildman–Crippen MR) is 140 cm³/mol. The van der Waals surface area contributed by atoms with Crippen LogP contribution in [-0.4, -0.2) is 34.5 Å². The Morgan fingerprint density at radius 3 is 2.60 bits per heavy atom. The van der Waals surface area contributed by atoms with Crippen molar-refractivity contribution in [2.24, 2.45) is 5.92 Å². The lowest BCUT2D eigenvalue weighted by molar-refractivity contribution is -0.149. The van der Waals surface area contributed by atoms with E-state index in [1.54, 1.807) is 6.08 Å². The zero-order valence-corrected chi connectivity index (χ0v) is 20.6. The summed E-state index contributed by atoms with van der Waals surface area (Å²) in [5.41, 5.74) is 2.73. The number of hydrogen-bond donors (Lipinski definition) is 1. The molecular weight excluding hydrogens is 438 g/mol. The minimum atomic E-state index is -1.00. The Balaban J connectivity index is 1.59. The molecule has 35 heavy (non-hydrogen) atoms. The molecule has 1 atom stereocenters. The van der Waals surface area contributed by atoms with Gasteiger partial charge in [-0.15, -0.1) is 0 Å². The van der Waals surface area contributed by atoms with E-state index >= 15 is 0 Å². The van der Waals surface area contributed by atoms with Crippen LogP contribution in [0.1, 0.15) is 49.8 Å². The fourth-order valence-corrected chi connectivity index (χ4v) is 4.03. The van der Waals surface area contributed by atoms with Gasteiger partial charge < -0.3 is 14.7 Å². The molecule has 5 nitrogen and oxygen atoms in total. The summed E-state index contributed by atoms with van der Waals surface area (Å²) in [5.74, 6) is 0.131. The number of unbranched alkanes of at least 4 members (excludes halogenated alkanes) is 1. The number of rotatable bonds is 11. The van der Waals surface area contributed by atoms with Crippen molar-refractivity contribution in [1.29, 1.82) is 0 Å². The van der Waals surface area contributed by atoms with Crippen LogP contribution in [0.3, 0.4) is 0 Å². The third-order valence-electron chi connectivity index (χ3n) is 5.98. The van der Waals surface area contributed by atoms with Crippen LogP contribution in [0, 0.1) is 5.92 Å². The topological polar surface area (TPSA) is 66.8 Å². The second-order valence-electron chi connectivity index (χ2n) is 9.19. The molecule has 184 valence electrons. The third kappa shape index (κ3) is 8.29. The maximum Gasteiger partial charge on any atom is 0.326 e. The third-order valence-corrected chi connectivity index (χ3v) is 5.98. The Hall–Kier alpha value is -3.60. The van der Waals surface area contributed by atoms with Gasteiger partial charge in [0.25, 0.3) is 0 Å². The lowest BCUT2D eigenvalue weighted by atomic mass is 9.93. The minimum absolute atomic E-state index is 0.233. The molecule has 1 aliphatic heterocycles. The van der Waals surface area contributed by atoms with Gasteiger partial charge in [-0.2, -0.15) is 0 Å². The van der Waals surface area contributed by atoms with Crippen molar-refractivity contribution in [3.05, 3.63) is 95.6 Å². The molecule has 0 unspecified atom stereocenters. The van der Waals surface area contributed by atoms with Gasteiger partial charge in [-0.1, -0.05) is 74.9 Å². The number of fused-ring (bicyclic) bond motifs is 1. The van der Waals surface area contributed by atoms with E-state index in [1.807, 2.05) is 60.7 Å². The molecule has 5 heteroatoms. The van der Waals surface area contributed by atoms with Crippen molar-refractivity contribution < 1.29 is 19.4 Å². The molecule has 1 amide bonds. The van der Waals surface area contributed by atoms with Crippen molar-refractivity contribution in [3.8, 4) is 5.75 Å². The first-order valence-electron chi connectivity index (χ1n) is 12.3. The lowest BCUT2D eigenvalue weighted by Gasteiger charge is -2.34. The van der Waals surface area contributed by atoms with Gasteiger partial charge in [0.1, 0.15) is 18.4 Å². The Kier molecular flexibility index (Phi) is 9.91. The van der Waals surface area contributed by atoms with Gasteiger partial charge in [0.05, 0.1) is 0 Å². The van der Waals surface area contributed by atoms with Crippen LogP contribution >= 0.6 is 0 Å². The zero-order valence-electron chi connectivity index (χ0n) is 20.6. The number of nitrogens with zero attached hydrogens (tertiary/aromatic N) is 1. The maximum absolute atomic E-state index is 12.9. The number of ether oxygens (including phenoxy) is 1. The minimum Gasteiger partial charge on any atom is -0.490 e. The smallest absolute Gasteiger partial charge is 0.326 e. The number of carbonyl (C=O) groups excluding carboxylic acids is 1. The summed E-state index contributed by atoms with van der Waals surface area (Å²) in [4.78, 5) is 26.2. The van der Waals surface area contributed by atoms with Crippen molar-refractivity contribution >= 4 is 18.0 Å². The monoisotopic (exact) mass is 473 g/mol. The summed E-state index contributed by atoms with van der Waals surface area (Å²) < 4.78 is 5.85. The van der Waals surface area contributed by atoms with Gasteiger partial charge in [0.15, 0.2) is 0 Å². The van der Waals surface area contributed by atoms with Crippen LogP contribution in [0.5, 0.6) is 5.75 Å². The Bertz CT molecular complexity index is 1070. The van der Waals surface area contributed by atoms with E-state index in [1.165, 1.54) is 23.8 Å². The molecule has 0 bridgehead atoms. The van der Waals surface area contributed by atoms with Gasteiger partial charge in [0, 0.05) is 19.0 Å². The second kappa shape index (κ2) is 13.3. The summed E-state index contributed by atoms with van der Waals surface area (Å²) in [6.45, 7) is 5.15. The summed E-state index contributed by atoms with van der Waals surface area (Å²) in [5, 5.41) is 9.73. The maximum atomic E-state index is 12.9. The summed E-state index contributed by atoms with van der Waals surface area (Å²) >= 11 is 0. The molecule has 1 N–H and O–H groups in total. The summed E-state index contributed by atoms with van der Waals surface area (Å²) in [7, 11) is 0. The number of allylic oxidation sites excluding steroid dienone is 3. The van der Waals surface area contributed by atoms with Gasteiger partial charge in [-0.25, -0.2) is 4.79 Å². The van der Waals surface area contributed by atoms with E-state index in [0.29, 0.717) is 12.4 Å². The number of hydrogen-bond acceptors (Lipinski definition) is 3. The van der Waals surface area contributed by atoms with E-state index in [-0.39, 0.29) is 18.9 Å². The Morgan fingerprint density at radius 1 is 1.09 bits per heavy atom. The highest BCUT2D eigenvalue weighted by Gasteiger charge is 2.33. The van der Waals surface area contributed by atoms with E-state index in [9.17, 15) is 14.7 Å². The first kappa shape index (κ1) is 26.0. The van der Waals surface area contributed by atoms with Gasteiger partial charge in [0.2, 0.25) is 5.91 Å². The van der Waals surface area contributed by atoms with Crippen LogP contribution in [0.2, 0.25) is 0 Å². The van der Waals surface area contributed by atoms with Crippen molar-refractivity contribution in [2.45, 2.75) is 52.1 Å². The summed E-state index contributed by atoms with van der Waals surface area (Å²) in [6, 6.07) is 14.3. The van der Waals surface area contributed by atoms with Crippen LogP contribution in [-0.2, 0) is 22.6 Å². The summed E-state index contributed by atoms with van der Waals surface area (Å²) in [6.07, 6.45) is 15.1. The molecular formula is C30H35NO4. The fraction of sp³-hybridized carbons (Fsp3) is 0.333. The molecule has 2 aromatic carbocycles. The number of aliphatic carboxylic acids is 1. The highest BCUT2D eigenvalue weighted by Crippen LogP contribution is 2.28. The SMILES string of the molecule is CC(C)CCC/C=C/C=C/COc1ccc2c(c1)CN(C(=O)/C=C/c1ccccc1)[C@H](C(=O)O)C2. The number of carboxylic acids is 1. The molecule has 0 aliphatic carbocycles. The molecule has 1 aliphatic rings. The van der Waals surface area contributed by atoms with Crippen LogP contribution < -0.4 is 4.74 Å². The molecule has 1 heterocycles. The number of amides is 1. The lowest BCUT2D eigenvalue weighted by Crippen LogP contribution is -2.48. The van der Waals surface area contributed by atoms with Crippen LogP contribution in [0.4, 0.5) is 0 Å². The molecule has 0 spiro atoms. The van der Waals surface area contributed by atoms with E-state index in [2.05, 4.69) is 26.0 Å². The van der Waals surface area contributed by atoms with Crippen molar-refractivity contribution in [3.63, 3.8) is 0 Å². The molecule has 0 saturated carbocycles. The fourth-order valence-electron chi connectivity index (χ4n) is 4.03. The van der Waals surface area contributed by atoms with Gasteiger partial charge >= 0.3 is 5.97 Å². The standard InChI is InChI=1S/C30H35NO4/c1-23(2)12-8-5-3-4-6-11-19-35-27-17-16-25-21-28(30(33)34)31(22-26(25)20-27)29(32)18-15-24-13-9-7-10-14-24/h3-4,6-7,9-11,13-18,20,23,28H,5,8,12,19,21-22H2,1-2H3,(H,33,34)/b4-3+,11-6+,18-15+/t28-/m0/s1. The van der Waals surface area contributed by atoms with E-state index in [4.69, 9.17) is 4.74 Å².